The first-order valence-corrected chi connectivity index (χ1v) is 11.1. The molecule has 0 unspecified atom stereocenters. The van der Waals surface area contributed by atoms with Crippen LogP contribution in [0.5, 0.6) is 5.75 Å². The van der Waals surface area contributed by atoms with Gasteiger partial charge in [-0.1, -0.05) is 0 Å². The summed E-state index contributed by atoms with van der Waals surface area (Å²) in [5.74, 6) is 0.811. The molecule has 8 heteroatoms. The molecule has 0 bridgehead atoms. The fraction of sp³-hybridized carbons (Fsp3) is 0.417. The summed E-state index contributed by atoms with van der Waals surface area (Å²) in [5, 5.41) is 5.89. The fourth-order valence-corrected chi connectivity index (χ4v) is 4.06. The summed E-state index contributed by atoms with van der Waals surface area (Å²) >= 11 is 0. The Kier molecular flexibility index (Phi) is 6.99. The number of likely N-dealkylation sites (tertiary alicyclic amines) is 1. The number of anilines is 1. The number of piperidine rings is 1. The number of aromatic nitrogens is 1. The van der Waals surface area contributed by atoms with Gasteiger partial charge in [-0.3, -0.25) is 19.4 Å². The molecule has 2 N–H and O–H groups in total. The molecule has 0 aliphatic carbocycles. The van der Waals surface area contributed by atoms with Crippen LogP contribution >= 0.6 is 0 Å². The number of nitrogens with one attached hydrogen (secondary N) is 2. The Bertz CT molecular complexity index is 971. The van der Waals surface area contributed by atoms with Crippen LogP contribution in [0.3, 0.4) is 0 Å². The van der Waals surface area contributed by atoms with Crippen molar-refractivity contribution in [3.63, 3.8) is 0 Å². The molecule has 1 fully saturated rings. The van der Waals surface area contributed by atoms with Crippen molar-refractivity contribution >= 4 is 23.4 Å². The van der Waals surface area contributed by atoms with E-state index in [-0.39, 0.29) is 23.8 Å². The van der Waals surface area contributed by atoms with Crippen molar-refractivity contribution in [2.75, 3.05) is 25.0 Å². The maximum Gasteiger partial charge on any atom is 0.253 e. The van der Waals surface area contributed by atoms with Gasteiger partial charge in [-0.2, -0.15) is 0 Å². The number of carbonyl (C=O) groups excluding carboxylic acids is 3. The first-order chi connectivity index (χ1) is 15.6. The van der Waals surface area contributed by atoms with Gasteiger partial charge in [0.05, 0.1) is 12.2 Å². The Balaban J connectivity index is 1.14. The smallest absolute Gasteiger partial charge is 0.253 e. The van der Waals surface area contributed by atoms with Gasteiger partial charge in [-0.25, -0.2) is 0 Å². The predicted octanol–water partition coefficient (Wildman–Crippen LogP) is 2.55. The first-order valence-electron chi connectivity index (χ1n) is 11.1. The van der Waals surface area contributed by atoms with Gasteiger partial charge in [0.25, 0.3) is 5.91 Å². The molecule has 2 aliphatic heterocycles. The van der Waals surface area contributed by atoms with Crippen LogP contribution in [0, 0.1) is 0 Å². The molecular weight excluding hydrogens is 408 g/mol. The molecule has 4 rings (SSSR count). The minimum absolute atomic E-state index is 0.0459. The number of nitrogens with zero attached hydrogens (tertiary/aromatic N) is 2. The molecule has 1 saturated heterocycles. The normalized spacial score (nSPS) is 16.1. The third kappa shape index (κ3) is 5.63. The number of aryl methyl sites for hydroxylation is 1. The number of benzene rings is 1. The summed E-state index contributed by atoms with van der Waals surface area (Å²) in [4.78, 5) is 42.0. The number of rotatable bonds is 7. The predicted molar refractivity (Wildman–Crippen MR) is 119 cm³/mol. The Labute approximate surface area is 187 Å². The van der Waals surface area contributed by atoms with Crippen molar-refractivity contribution in [2.45, 2.75) is 44.6 Å². The summed E-state index contributed by atoms with van der Waals surface area (Å²) in [5.41, 5.74) is 2.48. The van der Waals surface area contributed by atoms with Gasteiger partial charge in [0, 0.05) is 50.1 Å². The number of hydrogen-bond donors (Lipinski definition) is 2. The second-order valence-corrected chi connectivity index (χ2v) is 8.19. The molecular formula is C24H28N4O4. The zero-order valence-corrected chi connectivity index (χ0v) is 18.0. The molecule has 0 radical (unpaired) electrons. The second kappa shape index (κ2) is 10.3. The van der Waals surface area contributed by atoms with Gasteiger partial charge in [-0.15, -0.1) is 0 Å². The van der Waals surface area contributed by atoms with E-state index in [1.54, 1.807) is 24.5 Å². The molecule has 168 valence electrons. The second-order valence-electron chi connectivity index (χ2n) is 8.19. The van der Waals surface area contributed by atoms with E-state index in [0.29, 0.717) is 44.5 Å². The lowest BCUT2D eigenvalue weighted by atomic mass is 10.0. The van der Waals surface area contributed by atoms with Crippen LogP contribution < -0.4 is 15.4 Å². The lowest BCUT2D eigenvalue weighted by Gasteiger charge is -2.32. The monoisotopic (exact) mass is 436 g/mol. The Morgan fingerprint density at radius 1 is 1.19 bits per heavy atom. The summed E-state index contributed by atoms with van der Waals surface area (Å²) in [6, 6.07) is 9.22. The van der Waals surface area contributed by atoms with E-state index in [0.717, 1.165) is 36.3 Å². The zero-order chi connectivity index (χ0) is 22.3. The quantitative estimate of drug-likeness (QED) is 0.650. The maximum atomic E-state index is 12.5. The Hall–Kier alpha value is -3.42. The SMILES string of the molecule is O=C1CCc2cc(OCCCC(=O)N3CCC(NC(=O)c4cccnc4)CC3)ccc2N1. The van der Waals surface area contributed by atoms with Crippen molar-refractivity contribution in [2.24, 2.45) is 0 Å². The largest absolute Gasteiger partial charge is 0.494 e. The fourth-order valence-electron chi connectivity index (χ4n) is 4.06. The van der Waals surface area contributed by atoms with Crippen LogP contribution in [0.25, 0.3) is 0 Å². The minimum atomic E-state index is -0.121. The number of amides is 3. The van der Waals surface area contributed by atoms with Gasteiger partial charge >= 0.3 is 0 Å². The topological polar surface area (TPSA) is 101 Å². The number of ether oxygens (including phenoxy) is 1. The van der Waals surface area contributed by atoms with Crippen LogP contribution in [-0.2, 0) is 16.0 Å². The van der Waals surface area contributed by atoms with Crippen molar-refractivity contribution in [3.8, 4) is 5.75 Å². The highest BCUT2D eigenvalue weighted by atomic mass is 16.5. The molecule has 0 atom stereocenters. The molecule has 0 spiro atoms. The third-order valence-corrected chi connectivity index (χ3v) is 5.88. The minimum Gasteiger partial charge on any atom is -0.494 e. The number of carbonyl (C=O) groups is 3. The van der Waals surface area contributed by atoms with Crippen LogP contribution in [0.4, 0.5) is 5.69 Å². The van der Waals surface area contributed by atoms with E-state index in [9.17, 15) is 14.4 Å². The maximum absolute atomic E-state index is 12.5. The number of hydrogen-bond acceptors (Lipinski definition) is 5. The van der Waals surface area contributed by atoms with Gasteiger partial charge in [-0.05, 0) is 61.6 Å². The zero-order valence-electron chi connectivity index (χ0n) is 18.0. The summed E-state index contributed by atoms with van der Waals surface area (Å²) in [6.45, 7) is 1.76. The highest BCUT2D eigenvalue weighted by molar-refractivity contribution is 5.94. The average molecular weight is 437 g/mol. The van der Waals surface area contributed by atoms with Gasteiger partial charge in [0.1, 0.15) is 5.75 Å². The Morgan fingerprint density at radius 2 is 2.03 bits per heavy atom. The van der Waals surface area contributed by atoms with Gasteiger partial charge in [0.15, 0.2) is 0 Å². The van der Waals surface area contributed by atoms with Gasteiger partial charge in [0.2, 0.25) is 11.8 Å². The van der Waals surface area contributed by atoms with E-state index < -0.39 is 0 Å². The summed E-state index contributed by atoms with van der Waals surface area (Å²) < 4.78 is 5.80. The summed E-state index contributed by atoms with van der Waals surface area (Å²) in [7, 11) is 0. The Morgan fingerprint density at radius 3 is 2.81 bits per heavy atom. The highest BCUT2D eigenvalue weighted by Gasteiger charge is 2.24. The molecule has 2 aromatic rings. The average Bonchev–Trinajstić information content (AvgIpc) is 2.82. The molecule has 8 nitrogen and oxygen atoms in total. The number of pyridine rings is 1. The summed E-state index contributed by atoms with van der Waals surface area (Å²) in [6.07, 6.45) is 6.99. The third-order valence-electron chi connectivity index (χ3n) is 5.88. The van der Waals surface area contributed by atoms with Crippen molar-refractivity contribution in [1.29, 1.82) is 0 Å². The molecule has 32 heavy (non-hydrogen) atoms. The van der Waals surface area contributed by atoms with Gasteiger partial charge < -0.3 is 20.3 Å². The van der Waals surface area contributed by atoms with E-state index in [1.165, 1.54) is 0 Å². The van der Waals surface area contributed by atoms with E-state index in [1.807, 2.05) is 23.1 Å². The first kappa shape index (κ1) is 21.8. The number of fused-ring (bicyclic) bond motifs is 1. The van der Waals surface area contributed by atoms with Crippen LogP contribution in [0.15, 0.2) is 42.7 Å². The lowest BCUT2D eigenvalue weighted by Crippen LogP contribution is -2.46. The van der Waals surface area contributed by atoms with E-state index in [2.05, 4.69) is 15.6 Å². The van der Waals surface area contributed by atoms with Crippen LogP contribution in [-0.4, -0.2) is 53.3 Å². The van der Waals surface area contributed by atoms with E-state index >= 15 is 0 Å². The molecule has 2 aliphatic rings. The lowest BCUT2D eigenvalue weighted by molar-refractivity contribution is -0.132. The molecule has 1 aromatic heterocycles. The van der Waals surface area contributed by atoms with Crippen molar-refractivity contribution in [3.05, 3.63) is 53.9 Å². The molecule has 0 saturated carbocycles. The van der Waals surface area contributed by atoms with Crippen molar-refractivity contribution in [1.82, 2.24) is 15.2 Å². The van der Waals surface area contributed by atoms with Crippen LogP contribution in [0.1, 0.15) is 48.0 Å². The highest BCUT2D eigenvalue weighted by Crippen LogP contribution is 2.27. The van der Waals surface area contributed by atoms with E-state index in [4.69, 9.17) is 4.74 Å². The molecule has 3 heterocycles. The van der Waals surface area contributed by atoms with Crippen LogP contribution in [0.2, 0.25) is 0 Å². The molecule has 3 amide bonds. The van der Waals surface area contributed by atoms with Crippen molar-refractivity contribution < 1.29 is 19.1 Å². The standard InChI is InChI=1S/C24H28N4O4/c29-22-8-5-17-15-20(6-7-21(17)27-22)32-14-2-4-23(30)28-12-9-19(10-13-28)26-24(31)18-3-1-11-25-16-18/h1,3,6-7,11,15-16,19H,2,4-5,8-10,12-14H2,(H,26,31)(H,27,29). The molecule has 1 aromatic carbocycles.